The van der Waals surface area contributed by atoms with E-state index in [0.717, 1.165) is 56.0 Å². The summed E-state index contributed by atoms with van der Waals surface area (Å²) < 4.78 is 6.50. The number of rotatable bonds is 3. The van der Waals surface area contributed by atoms with Crippen LogP contribution in [0.1, 0.15) is 5.82 Å². The SMILES string of the molecule is Cc1nc2ccccc2n1C.Cn1c(-c2[c-]c3c(cc2)c2ccccc2n3-c2[c-]cccc2)nc2c(-c3ccccc3)cccc21.[Pt+2]. The summed E-state index contributed by atoms with van der Waals surface area (Å²) in [5, 5.41) is 2.38. The minimum Gasteiger partial charge on any atom is -0.367 e. The molecule has 0 N–H and O–H groups in total. The van der Waals surface area contributed by atoms with E-state index >= 15 is 0 Å². The number of imidazole rings is 2. The summed E-state index contributed by atoms with van der Waals surface area (Å²) in [4.78, 5) is 9.51. The van der Waals surface area contributed by atoms with Gasteiger partial charge in [0.05, 0.1) is 27.9 Å². The molecule has 6 aromatic carbocycles. The van der Waals surface area contributed by atoms with E-state index in [2.05, 4.69) is 129 Å². The Labute approximate surface area is 288 Å². The van der Waals surface area contributed by atoms with E-state index in [0.29, 0.717) is 0 Å². The standard InChI is InChI=1S/C32H21N3.C9H10N2.Pt/c1-34-29-18-10-16-25(22-11-4-2-5-12-22)31(29)33-32(34)23-19-20-27-26-15-8-9-17-28(26)35(30(27)21-23)24-13-6-3-7-14-24;1-7-10-8-5-3-4-6-9(8)11(7)2;/h2-13,15-20H,1H3;3-6H,1-2H3;/q-2;;+2. The number of hydrogen-bond donors (Lipinski definition) is 0. The van der Waals surface area contributed by atoms with Gasteiger partial charge < -0.3 is 13.7 Å². The zero-order valence-electron chi connectivity index (χ0n) is 26.3. The second kappa shape index (κ2) is 12.5. The van der Waals surface area contributed by atoms with Crippen LogP contribution < -0.4 is 0 Å². The van der Waals surface area contributed by atoms with Gasteiger partial charge >= 0.3 is 21.1 Å². The summed E-state index contributed by atoms with van der Waals surface area (Å²) in [6.45, 7) is 2.01. The predicted octanol–water partition coefficient (Wildman–Crippen LogP) is 9.48. The van der Waals surface area contributed by atoms with E-state index in [1.165, 1.54) is 21.9 Å². The molecular weight excluding hydrogens is 758 g/mol. The number of benzene rings is 6. The topological polar surface area (TPSA) is 40.6 Å². The number of nitrogens with zero attached hydrogens (tertiary/aromatic N) is 5. The van der Waals surface area contributed by atoms with Gasteiger partial charge in [0.15, 0.2) is 0 Å². The molecule has 0 aliphatic carbocycles. The van der Waals surface area contributed by atoms with Crippen molar-refractivity contribution in [3.05, 3.63) is 151 Å². The minimum absolute atomic E-state index is 0. The maximum Gasteiger partial charge on any atom is 2.00 e. The molecule has 0 saturated heterocycles. The Balaban J connectivity index is 0.000000248. The second-order valence-electron chi connectivity index (χ2n) is 11.5. The van der Waals surface area contributed by atoms with Crippen molar-refractivity contribution >= 4 is 43.9 Å². The third-order valence-corrected chi connectivity index (χ3v) is 8.77. The first-order valence-corrected chi connectivity index (χ1v) is 15.4. The van der Waals surface area contributed by atoms with Crippen LogP contribution in [0.3, 0.4) is 0 Å². The average molecular weight is 789 g/mol. The average Bonchev–Trinajstić information content (AvgIpc) is 3.73. The van der Waals surface area contributed by atoms with Gasteiger partial charge in [-0.15, -0.1) is 29.8 Å². The van der Waals surface area contributed by atoms with Crippen LogP contribution in [0.4, 0.5) is 0 Å². The van der Waals surface area contributed by atoms with Gasteiger partial charge in [0.2, 0.25) is 0 Å². The van der Waals surface area contributed by atoms with Gasteiger partial charge in [-0.25, -0.2) is 4.98 Å². The number of aromatic nitrogens is 5. The molecule has 0 bridgehead atoms. The second-order valence-corrected chi connectivity index (χ2v) is 11.5. The van der Waals surface area contributed by atoms with Crippen LogP contribution in [-0.2, 0) is 35.2 Å². The Morgan fingerprint density at radius 1 is 0.596 bits per heavy atom. The summed E-state index contributed by atoms with van der Waals surface area (Å²) in [5.74, 6) is 1.96. The third kappa shape index (κ3) is 5.27. The Kier molecular flexibility index (Phi) is 8.09. The molecule has 3 aromatic heterocycles. The van der Waals surface area contributed by atoms with E-state index in [4.69, 9.17) is 4.98 Å². The van der Waals surface area contributed by atoms with Crippen LogP contribution >= 0.6 is 0 Å². The van der Waals surface area contributed by atoms with Gasteiger partial charge in [0.25, 0.3) is 0 Å². The van der Waals surface area contributed by atoms with Crippen molar-refractivity contribution < 1.29 is 21.1 Å². The van der Waals surface area contributed by atoms with Crippen LogP contribution in [-0.4, -0.2) is 23.7 Å². The Morgan fingerprint density at radius 2 is 1.32 bits per heavy atom. The predicted molar refractivity (Wildman–Crippen MR) is 189 cm³/mol. The largest absolute Gasteiger partial charge is 2.00 e. The molecule has 0 saturated carbocycles. The molecule has 230 valence electrons. The van der Waals surface area contributed by atoms with Gasteiger partial charge in [-0.05, 0) is 47.7 Å². The number of hydrogen-bond acceptors (Lipinski definition) is 2. The van der Waals surface area contributed by atoms with Crippen molar-refractivity contribution in [2.75, 3.05) is 0 Å². The van der Waals surface area contributed by atoms with Gasteiger partial charge in [0.1, 0.15) is 5.82 Å². The normalized spacial score (nSPS) is 11.1. The molecule has 5 nitrogen and oxygen atoms in total. The smallest absolute Gasteiger partial charge is 0.367 e. The van der Waals surface area contributed by atoms with Gasteiger partial charge in [-0.2, -0.15) is 24.3 Å². The maximum atomic E-state index is 5.14. The van der Waals surface area contributed by atoms with Crippen molar-refractivity contribution in [1.82, 2.24) is 23.7 Å². The molecule has 3 heterocycles. The first kappa shape index (κ1) is 30.4. The molecule has 9 aromatic rings. The first-order valence-electron chi connectivity index (χ1n) is 15.4. The summed E-state index contributed by atoms with van der Waals surface area (Å²) in [6, 6.07) is 53.0. The summed E-state index contributed by atoms with van der Waals surface area (Å²) in [6.07, 6.45) is 0. The van der Waals surface area contributed by atoms with Crippen LogP contribution in [0.25, 0.3) is 72.1 Å². The monoisotopic (exact) mass is 788 g/mol. The summed E-state index contributed by atoms with van der Waals surface area (Å²) in [5.41, 5.74) is 10.8. The maximum absolute atomic E-state index is 5.14. The zero-order valence-corrected chi connectivity index (χ0v) is 28.5. The zero-order chi connectivity index (χ0) is 31.2. The Bertz CT molecular complexity index is 2510. The molecule has 9 rings (SSSR count). The van der Waals surface area contributed by atoms with E-state index in [1.54, 1.807) is 0 Å². The van der Waals surface area contributed by atoms with Crippen LogP contribution in [0.15, 0.2) is 133 Å². The van der Waals surface area contributed by atoms with E-state index < -0.39 is 0 Å². The molecule has 0 atom stereocenters. The van der Waals surface area contributed by atoms with Gasteiger partial charge in [0, 0.05) is 25.2 Å². The summed E-state index contributed by atoms with van der Waals surface area (Å²) >= 11 is 0. The fourth-order valence-electron chi connectivity index (χ4n) is 6.37. The molecule has 0 fully saturated rings. The molecule has 0 amide bonds. The van der Waals surface area contributed by atoms with Gasteiger partial charge in [-0.3, -0.25) is 4.98 Å². The van der Waals surface area contributed by atoms with E-state index in [9.17, 15) is 0 Å². The first-order chi connectivity index (χ1) is 22.6. The van der Waals surface area contributed by atoms with Gasteiger partial charge in [-0.1, -0.05) is 83.9 Å². The molecule has 0 aliphatic heterocycles. The van der Waals surface area contributed by atoms with E-state index in [-0.39, 0.29) is 21.1 Å². The molecule has 6 heteroatoms. The van der Waals surface area contributed by atoms with Crippen molar-refractivity contribution in [1.29, 1.82) is 0 Å². The molecule has 0 radical (unpaired) electrons. The molecule has 0 spiro atoms. The third-order valence-electron chi connectivity index (χ3n) is 8.77. The quantitative estimate of drug-likeness (QED) is 0.168. The molecular formula is C41H31N5Pt. The van der Waals surface area contributed by atoms with Crippen LogP contribution in [0.5, 0.6) is 0 Å². The number of para-hydroxylation sites is 5. The minimum atomic E-state index is 0. The Morgan fingerprint density at radius 3 is 2.11 bits per heavy atom. The molecule has 47 heavy (non-hydrogen) atoms. The van der Waals surface area contributed by atoms with Crippen molar-refractivity contribution in [3.8, 4) is 28.2 Å². The number of fused-ring (bicyclic) bond motifs is 5. The van der Waals surface area contributed by atoms with E-state index in [1.807, 2.05) is 56.4 Å². The van der Waals surface area contributed by atoms with Crippen molar-refractivity contribution in [3.63, 3.8) is 0 Å². The fraction of sp³-hybridized carbons (Fsp3) is 0.0732. The van der Waals surface area contributed by atoms with Crippen LogP contribution in [0, 0.1) is 19.1 Å². The number of aryl methyl sites for hydroxylation is 3. The van der Waals surface area contributed by atoms with Crippen molar-refractivity contribution in [2.24, 2.45) is 14.1 Å². The molecule has 0 unspecified atom stereocenters. The van der Waals surface area contributed by atoms with Crippen LogP contribution in [0.2, 0.25) is 0 Å². The summed E-state index contributed by atoms with van der Waals surface area (Å²) in [7, 11) is 4.11. The van der Waals surface area contributed by atoms with Crippen molar-refractivity contribution in [2.45, 2.75) is 6.92 Å². The molecule has 0 aliphatic rings. The fourth-order valence-corrected chi connectivity index (χ4v) is 6.37. The Hall–Kier alpha value is -5.25.